The van der Waals surface area contributed by atoms with Gasteiger partial charge in [-0.3, -0.25) is 4.98 Å². The third-order valence-electron chi connectivity index (χ3n) is 1.28. The van der Waals surface area contributed by atoms with Gasteiger partial charge in [-0.25, -0.2) is 4.39 Å². The van der Waals surface area contributed by atoms with E-state index in [0.717, 1.165) is 0 Å². The van der Waals surface area contributed by atoms with Gasteiger partial charge in [0, 0.05) is 6.07 Å². The summed E-state index contributed by atoms with van der Waals surface area (Å²) < 4.78 is 50.4. The molecule has 3 nitrogen and oxygen atoms in total. The van der Waals surface area contributed by atoms with Gasteiger partial charge < -0.3 is 9.84 Å². The molecule has 0 aromatic carbocycles. The summed E-state index contributed by atoms with van der Waals surface area (Å²) in [6.45, 7) is -1.06. The summed E-state index contributed by atoms with van der Waals surface area (Å²) in [5.41, 5.74) is -0.334. The summed E-state index contributed by atoms with van der Waals surface area (Å²) >= 11 is 0. The van der Waals surface area contributed by atoms with Gasteiger partial charge in [-0.05, 0) is 0 Å². The van der Waals surface area contributed by atoms with Crippen LogP contribution in [0.25, 0.3) is 0 Å². The molecule has 0 aliphatic heterocycles. The Morgan fingerprint density at radius 2 is 2.07 bits per heavy atom. The molecule has 1 rings (SSSR count). The largest absolute Gasteiger partial charge is 0.573 e. The number of halogens is 4. The number of rotatable bonds is 2. The standard InChI is InChI=1S/C7H5F4NO2/c8-2-5-6(13)1-4(3-12-5)14-7(9,10)11/h1,3,13H,2H2. The van der Waals surface area contributed by atoms with E-state index in [0.29, 0.717) is 12.3 Å². The number of nitrogens with zero attached hydrogens (tertiary/aromatic N) is 1. The first kappa shape index (κ1) is 10.6. The molecule has 0 fully saturated rings. The van der Waals surface area contributed by atoms with E-state index in [2.05, 4.69) is 9.72 Å². The van der Waals surface area contributed by atoms with Gasteiger partial charge in [0.2, 0.25) is 0 Å². The highest BCUT2D eigenvalue weighted by atomic mass is 19.4. The van der Waals surface area contributed by atoms with Crippen molar-refractivity contribution < 1.29 is 27.4 Å². The van der Waals surface area contributed by atoms with E-state index >= 15 is 0 Å². The molecule has 7 heteroatoms. The van der Waals surface area contributed by atoms with Gasteiger partial charge in [0.15, 0.2) is 5.75 Å². The van der Waals surface area contributed by atoms with Crippen molar-refractivity contribution in [2.24, 2.45) is 0 Å². The van der Waals surface area contributed by atoms with Gasteiger partial charge in [-0.15, -0.1) is 13.2 Å². The monoisotopic (exact) mass is 211 g/mol. The molecule has 14 heavy (non-hydrogen) atoms. The quantitative estimate of drug-likeness (QED) is 0.762. The molecule has 0 aliphatic carbocycles. The molecule has 0 unspecified atom stereocenters. The molecule has 1 N–H and O–H groups in total. The molecule has 0 atom stereocenters. The lowest BCUT2D eigenvalue weighted by molar-refractivity contribution is -0.274. The Hall–Kier alpha value is -1.53. The first-order chi connectivity index (χ1) is 6.42. The van der Waals surface area contributed by atoms with E-state index in [1.165, 1.54) is 0 Å². The molecule has 0 aliphatic rings. The van der Waals surface area contributed by atoms with Gasteiger partial charge in [0.1, 0.15) is 18.1 Å². The van der Waals surface area contributed by atoms with E-state index in [1.54, 1.807) is 0 Å². The summed E-state index contributed by atoms with van der Waals surface area (Å²) in [6.07, 6.45) is -4.17. The van der Waals surface area contributed by atoms with E-state index in [4.69, 9.17) is 5.11 Å². The predicted octanol–water partition coefficient (Wildman–Crippen LogP) is 2.16. The molecular formula is C7H5F4NO2. The van der Waals surface area contributed by atoms with E-state index in [1.807, 2.05) is 0 Å². The second-order valence-corrected chi connectivity index (χ2v) is 2.32. The van der Waals surface area contributed by atoms with Crippen LogP contribution in [-0.4, -0.2) is 16.5 Å². The Bertz CT molecular complexity index is 326. The third kappa shape index (κ3) is 2.75. The fourth-order valence-electron chi connectivity index (χ4n) is 0.755. The first-order valence-electron chi connectivity index (χ1n) is 3.42. The number of ether oxygens (including phenoxy) is 1. The molecule has 0 bridgehead atoms. The lowest BCUT2D eigenvalue weighted by Gasteiger charge is -2.08. The fourth-order valence-corrected chi connectivity index (χ4v) is 0.755. The van der Waals surface area contributed by atoms with E-state index in [-0.39, 0.29) is 5.69 Å². The maximum absolute atomic E-state index is 12.0. The zero-order chi connectivity index (χ0) is 10.8. The Morgan fingerprint density at radius 1 is 1.43 bits per heavy atom. The maximum Gasteiger partial charge on any atom is 0.573 e. The number of hydrogen-bond donors (Lipinski definition) is 1. The number of hydrogen-bond acceptors (Lipinski definition) is 3. The van der Waals surface area contributed by atoms with Crippen LogP contribution in [0.2, 0.25) is 0 Å². The molecule has 78 valence electrons. The Kier molecular flexibility index (Phi) is 2.78. The SMILES string of the molecule is Oc1cc(OC(F)(F)F)cnc1CF. The Labute approximate surface area is 76.0 Å². The zero-order valence-corrected chi connectivity index (χ0v) is 6.68. The van der Waals surface area contributed by atoms with Crippen LogP contribution in [0.1, 0.15) is 5.69 Å². The second kappa shape index (κ2) is 3.69. The maximum atomic E-state index is 12.0. The fraction of sp³-hybridized carbons (Fsp3) is 0.286. The van der Waals surface area contributed by atoms with Crippen LogP contribution < -0.4 is 4.74 Å². The molecular weight excluding hydrogens is 206 g/mol. The van der Waals surface area contributed by atoms with Gasteiger partial charge in [0.25, 0.3) is 0 Å². The number of pyridine rings is 1. The summed E-state index contributed by atoms with van der Waals surface area (Å²) in [7, 11) is 0. The lowest BCUT2D eigenvalue weighted by atomic mass is 10.3. The van der Waals surface area contributed by atoms with Crippen LogP contribution in [-0.2, 0) is 6.67 Å². The van der Waals surface area contributed by atoms with E-state index in [9.17, 15) is 17.6 Å². The highest BCUT2D eigenvalue weighted by Gasteiger charge is 2.31. The van der Waals surface area contributed by atoms with Crippen LogP contribution in [0.3, 0.4) is 0 Å². The first-order valence-corrected chi connectivity index (χ1v) is 3.42. The molecule has 0 saturated heterocycles. The number of aromatic hydroxyl groups is 1. The van der Waals surface area contributed by atoms with Crippen molar-refractivity contribution in [3.8, 4) is 11.5 Å². The minimum absolute atomic E-state index is 0.334. The van der Waals surface area contributed by atoms with E-state index < -0.39 is 24.5 Å². The smallest absolute Gasteiger partial charge is 0.506 e. The van der Waals surface area contributed by atoms with Crippen LogP contribution >= 0.6 is 0 Å². The topological polar surface area (TPSA) is 42.4 Å². The zero-order valence-electron chi connectivity index (χ0n) is 6.68. The summed E-state index contributed by atoms with van der Waals surface area (Å²) in [5, 5.41) is 8.94. The van der Waals surface area contributed by atoms with Crippen LogP contribution in [0.5, 0.6) is 11.5 Å². The molecule has 0 spiro atoms. The van der Waals surface area contributed by atoms with Crippen molar-refractivity contribution in [1.82, 2.24) is 4.98 Å². The molecule has 1 aromatic rings. The van der Waals surface area contributed by atoms with Crippen LogP contribution in [0, 0.1) is 0 Å². The van der Waals surface area contributed by atoms with Gasteiger partial charge in [-0.2, -0.15) is 0 Å². The highest BCUT2D eigenvalue weighted by molar-refractivity contribution is 5.33. The van der Waals surface area contributed by atoms with Crippen molar-refractivity contribution >= 4 is 0 Å². The average molecular weight is 211 g/mol. The summed E-state index contributed by atoms with van der Waals surface area (Å²) in [6, 6.07) is 0.648. The van der Waals surface area contributed by atoms with Crippen molar-refractivity contribution in [3.63, 3.8) is 0 Å². The van der Waals surface area contributed by atoms with Crippen molar-refractivity contribution in [3.05, 3.63) is 18.0 Å². The molecule has 1 aromatic heterocycles. The van der Waals surface area contributed by atoms with Crippen molar-refractivity contribution in [2.45, 2.75) is 13.0 Å². The van der Waals surface area contributed by atoms with Gasteiger partial charge >= 0.3 is 6.36 Å². The summed E-state index contributed by atoms with van der Waals surface area (Å²) in [4.78, 5) is 3.23. The third-order valence-corrected chi connectivity index (χ3v) is 1.28. The lowest BCUT2D eigenvalue weighted by Crippen LogP contribution is -2.17. The van der Waals surface area contributed by atoms with Crippen molar-refractivity contribution in [1.29, 1.82) is 0 Å². The van der Waals surface area contributed by atoms with Crippen molar-refractivity contribution in [2.75, 3.05) is 0 Å². The molecule has 0 saturated carbocycles. The highest BCUT2D eigenvalue weighted by Crippen LogP contribution is 2.26. The average Bonchev–Trinajstić information content (AvgIpc) is 2.01. The minimum atomic E-state index is -4.86. The van der Waals surface area contributed by atoms with Gasteiger partial charge in [-0.1, -0.05) is 0 Å². The predicted molar refractivity (Wildman–Crippen MR) is 37.4 cm³/mol. The molecule has 0 radical (unpaired) electrons. The number of alkyl halides is 4. The molecule has 1 heterocycles. The number of aromatic nitrogens is 1. The van der Waals surface area contributed by atoms with Crippen LogP contribution in [0.4, 0.5) is 17.6 Å². The van der Waals surface area contributed by atoms with Crippen LogP contribution in [0.15, 0.2) is 12.3 Å². The van der Waals surface area contributed by atoms with Gasteiger partial charge in [0.05, 0.1) is 6.20 Å². The Morgan fingerprint density at radius 3 is 2.50 bits per heavy atom. The summed E-state index contributed by atoms with van der Waals surface area (Å²) in [5.74, 6) is -1.36. The Balaban J connectivity index is 2.87. The second-order valence-electron chi connectivity index (χ2n) is 2.32. The molecule has 0 amide bonds. The normalized spacial score (nSPS) is 11.4. The minimum Gasteiger partial charge on any atom is -0.506 e.